The van der Waals surface area contributed by atoms with E-state index in [1.807, 2.05) is 24.3 Å². The van der Waals surface area contributed by atoms with Crippen LogP contribution in [0.25, 0.3) is 5.57 Å². The van der Waals surface area contributed by atoms with Crippen LogP contribution in [0.5, 0.6) is 0 Å². The number of carbonyl (C=O) groups excluding carboxylic acids is 1. The van der Waals surface area contributed by atoms with Gasteiger partial charge in [-0.15, -0.1) is 0 Å². The molecule has 0 bridgehead atoms. The second kappa shape index (κ2) is 6.42. The van der Waals surface area contributed by atoms with E-state index in [1.54, 1.807) is 0 Å². The SMILES string of the molecule is CC(C)(C)[Si](C)(C)C1C(=O)C(c2ccccc2)=CC1c1ccccc1. The first-order valence-electron chi connectivity index (χ1n) is 9.10. The third-order valence-electron chi connectivity index (χ3n) is 6.23. The van der Waals surface area contributed by atoms with Gasteiger partial charge in [0, 0.05) is 17.0 Å². The molecule has 0 spiro atoms. The van der Waals surface area contributed by atoms with E-state index in [1.165, 1.54) is 5.56 Å². The van der Waals surface area contributed by atoms with Crippen molar-refractivity contribution in [1.29, 1.82) is 0 Å². The minimum absolute atomic E-state index is 0.0881. The van der Waals surface area contributed by atoms with Gasteiger partial charge in [-0.1, -0.05) is 101 Å². The van der Waals surface area contributed by atoms with E-state index in [2.05, 4.69) is 76.3 Å². The largest absolute Gasteiger partial charge is 0.294 e. The summed E-state index contributed by atoms with van der Waals surface area (Å²) in [6, 6.07) is 20.7. The van der Waals surface area contributed by atoms with Crippen molar-refractivity contribution in [3.63, 3.8) is 0 Å². The Hall–Kier alpha value is -1.93. The molecule has 0 saturated heterocycles. The Labute approximate surface area is 152 Å². The Morgan fingerprint density at radius 3 is 1.88 bits per heavy atom. The Kier molecular flexibility index (Phi) is 4.59. The van der Waals surface area contributed by atoms with Crippen molar-refractivity contribution in [3.05, 3.63) is 77.9 Å². The lowest BCUT2D eigenvalue weighted by atomic mass is 9.98. The Bertz CT molecular complexity index is 782. The summed E-state index contributed by atoms with van der Waals surface area (Å²) in [5, 5.41) is 0.167. The topological polar surface area (TPSA) is 17.1 Å². The van der Waals surface area contributed by atoms with E-state index in [-0.39, 0.29) is 16.5 Å². The van der Waals surface area contributed by atoms with Crippen LogP contribution in [0.4, 0.5) is 0 Å². The number of ketones is 1. The minimum atomic E-state index is -1.86. The summed E-state index contributed by atoms with van der Waals surface area (Å²) in [5.74, 6) is 0.524. The fraction of sp³-hybridized carbons (Fsp3) is 0.348. The zero-order valence-electron chi connectivity index (χ0n) is 15.9. The zero-order valence-corrected chi connectivity index (χ0v) is 16.9. The molecule has 2 heteroatoms. The van der Waals surface area contributed by atoms with Gasteiger partial charge in [0.05, 0.1) is 8.07 Å². The number of hydrogen-bond acceptors (Lipinski definition) is 1. The van der Waals surface area contributed by atoms with Crippen molar-refractivity contribution in [2.75, 3.05) is 0 Å². The van der Waals surface area contributed by atoms with E-state index in [0.29, 0.717) is 5.78 Å². The molecule has 0 radical (unpaired) electrons. The maximum Gasteiger partial charge on any atom is 0.164 e. The summed E-state index contributed by atoms with van der Waals surface area (Å²) in [6.07, 6.45) is 2.23. The minimum Gasteiger partial charge on any atom is -0.294 e. The fourth-order valence-corrected chi connectivity index (χ4v) is 6.68. The maximum absolute atomic E-state index is 13.5. The summed E-state index contributed by atoms with van der Waals surface area (Å²) in [7, 11) is -1.86. The number of hydrogen-bond donors (Lipinski definition) is 0. The lowest BCUT2D eigenvalue weighted by Crippen LogP contribution is -2.46. The third kappa shape index (κ3) is 3.16. The predicted molar refractivity (Wildman–Crippen MR) is 110 cm³/mol. The predicted octanol–water partition coefficient (Wildman–Crippen LogP) is 6.32. The van der Waals surface area contributed by atoms with Crippen LogP contribution in [0.15, 0.2) is 66.7 Å². The molecule has 25 heavy (non-hydrogen) atoms. The Morgan fingerprint density at radius 2 is 1.36 bits per heavy atom. The summed E-state index contributed by atoms with van der Waals surface area (Å²) in [4.78, 5) is 13.5. The van der Waals surface area contributed by atoms with Gasteiger partial charge in [0.1, 0.15) is 0 Å². The molecule has 1 aliphatic rings. The van der Waals surface area contributed by atoms with Crippen molar-refractivity contribution in [3.8, 4) is 0 Å². The molecule has 0 saturated carbocycles. The van der Waals surface area contributed by atoms with Gasteiger partial charge < -0.3 is 0 Å². The molecule has 2 unspecified atom stereocenters. The quantitative estimate of drug-likeness (QED) is 0.594. The van der Waals surface area contributed by atoms with Crippen molar-refractivity contribution >= 4 is 19.4 Å². The summed E-state index contributed by atoms with van der Waals surface area (Å²) in [6.45, 7) is 11.7. The molecule has 2 aromatic rings. The van der Waals surface area contributed by atoms with E-state index in [0.717, 1.165) is 11.1 Å². The molecule has 1 nitrogen and oxygen atoms in total. The van der Waals surface area contributed by atoms with Crippen LogP contribution in [0.2, 0.25) is 23.7 Å². The molecule has 0 N–H and O–H groups in total. The van der Waals surface area contributed by atoms with Gasteiger partial charge in [0.15, 0.2) is 5.78 Å². The highest BCUT2D eigenvalue weighted by Gasteiger charge is 2.52. The van der Waals surface area contributed by atoms with Crippen molar-refractivity contribution < 1.29 is 4.79 Å². The highest BCUT2D eigenvalue weighted by atomic mass is 28.3. The van der Waals surface area contributed by atoms with Crippen LogP contribution in [0.3, 0.4) is 0 Å². The summed E-state index contributed by atoms with van der Waals surface area (Å²) >= 11 is 0. The molecule has 0 aromatic heterocycles. The highest BCUT2D eigenvalue weighted by Crippen LogP contribution is 2.55. The first-order chi connectivity index (χ1) is 11.7. The van der Waals surface area contributed by atoms with Gasteiger partial charge in [0.25, 0.3) is 0 Å². The Balaban J connectivity index is 2.13. The molecular weight excluding hydrogens is 320 g/mol. The molecule has 2 aromatic carbocycles. The average molecular weight is 349 g/mol. The number of carbonyl (C=O) groups is 1. The number of allylic oxidation sites excluding steroid dienone is 2. The van der Waals surface area contributed by atoms with Crippen LogP contribution in [-0.2, 0) is 4.79 Å². The van der Waals surface area contributed by atoms with Gasteiger partial charge in [-0.2, -0.15) is 0 Å². The summed E-state index contributed by atoms with van der Waals surface area (Å²) in [5.41, 5.74) is 3.31. The van der Waals surface area contributed by atoms with E-state index >= 15 is 0 Å². The van der Waals surface area contributed by atoms with Gasteiger partial charge in [-0.05, 0) is 16.2 Å². The highest BCUT2D eigenvalue weighted by molar-refractivity contribution is 6.85. The first kappa shape index (κ1) is 17.9. The van der Waals surface area contributed by atoms with Crippen LogP contribution in [0.1, 0.15) is 37.8 Å². The number of rotatable bonds is 3. The Morgan fingerprint density at radius 1 is 0.840 bits per heavy atom. The molecule has 3 rings (SSSR count). The van der Waals surface area contributed by atoms with Crippen LogP contribution >= 0.6 is 0 Å². The van der Waals surface area contributed by atoms with Gasteiger partial charge in [-0.3, -0.25) is 4.79 Å². The van der Waals surface area contributed by atoms with E-state index in [9.17, 15) is 4.79 Å². The maximum atomic E-state index is 13.5. The second-order valence-corrected chi connectivity index (χ2v) is 14.3. The van der Waals surface area contributed by atoms with Crippen LogP contribution in [0, 0.1) is 0 Å². The van der Waals surface area contributed by atoms with E-state index in [4.69, 9.17) is 0 Å². The van der Waals surface area contributed by atoms with Gasteiger partial charge >= 0.3 is 0 Å². The van der Waals surface area contributed by atoms with Crippen molar-refractivity contribution in [1.82, 2.24) is 0 Å². The second-order valence-electron chi connectivity index (χ2n) is 8.70. The van der Waals surface area contributed by atoms with Crippen LogP contribution in [-0.4, -0.2) is 13.9 Å². The van der Waals surface area contributed by atoms with Crippen LogP contribution < -0.4 is 0 Å². The zero-order chi connectivity index (χ0) is 18.2. The summed E-state index contributed by atoms with van der Waals surface area (Å²) < 4.78 is 0. The molecule has 0 amide bonds. The lowest BCUT2D eigenvalue weighted by Gasteiger charge is -2.43. The normalized spacial score (nSPS) is 21.3. The smallest absolute Gasteiger partial charge is 0.164 e. The third-order valence-corrected chi connectivity index (χ3v) is 12.3. The van der Waals surface area contributed by atoms with E-state index < -0.39 is 8.07 Å². The van der Waals surface area contributed by atoms with Crippen molar-refractivity contribution in [2.24, 2.45) is 0 Å². The number of benzene rings is 2. The molecule has 1 aliphatic carbocycles. The lowest BCUT2D eigenvalue weighted by molar-refractivity contribution is -0.113. The molecule has 0 aliphatic heterocycles. The van der Waals surface area contributed by atoms with Crippen molar-refractivity contribution in [2.45, 2.75) is 50.4 Å². The average Bonchev–Trinajstić information content (AvgIpc) is 2.93. The van der Waals surface area contributed by atoms with Gasteiger partial charge in [-0.25, -0.2) is 0 Å². The monoisotopic (exact) mass is 348 g/mol. The first-order valence-corrected chi connectivity index (χ1v) is 12.2. The van der Waals surface area contributed by atoms with Gasteiger partial charge in [0.2, 0.25) is 0 Å². The fourth-order valence-electron chi connectivity index (χ4n) is 3.75. The molecule has 2 atom stereocenters. The molecule has 130 valence electrons. The molecule has 0 fully saturated rings. The molecular formula is C23H28OSi. The standard InChI is InChI=1S/C23H28OSi/c1-23(2,3)25(4,5)22-20(18-14-10-7-11-15-18)16-19(21(22)24)17-12-8-6-9-13-17/h6-16,20,22H,1-5H3. The molecule has 0 heterocycles. The number of Topliss-reactive ketones (excluding diaryl/α,β-unsaturated/α-hetero) is 1.